The van der Waals surface area contributed by atoms with Crippen LogP contribution in [0.4, 0.5) is 0 Å². The maximum absolute atomic E-state index is 5.44. The predicted molar refractivity (Wildman–Crippen MR) is 624 cm³/mol. The van der Waals surface area contributed by atoms with Gasteiger partial charge in [-0.1, -0.05) is 460 Å². The topological polar surface area (TPSA) is 82.3 Å². The molecule has 0 saturated heterocycles. The smallest absolute Gasteiger partial charge is 0.160 e. The van der Waals surface area contributed by atoms with Crippen molar-refractivity contribution in [2.75, 3.05) is 0 Å². The van der Waals surface area contributed by atoms with Gasteiger partial charge in [-0.15, -0.1) is 11.3 Å². The minimum atomic E-state index is -0.252. The van der Waals surface area contributed by atoms with E-state index in [2.05, 4.69) is 537 Å². The molecule has 0 N–H and O–H groups in total. The van der Waals surface area contributed by atoms with Crippen LogP contribution in [0.15, 0.2) is 491 Å². The van der Waals surface area contributed by atoms with Crippen LogP contribution in [-0.4, -0.2) is 34.5 Å². The zero-order valence-electron chi connectivity index (χ0n) is 83.3. The van der Waals surface area contributed by atoms with Crippen molar-refractivity contribution in [3.8, 4) is 174 Å². The van der Waals surface area contributed by atoms with E-state index < -0.39 is 0 Å². The van der Waals surface area contributed by atoms with Gasteiger partial charge >= 0.3 is 0 Å². The summed E-state index contributed by atoms with van der Waals surface area (Å²) in [4.78, 5) is 32.1. The van der Waals surface area contributed by atoms with Gasteiger partial charge in [0.2, 0.25) is 0 Å². The standard InChI is InChI=1S/C49H35N3.C49H34N2.C43H30N2S/c1-49(2)42-26-9-6-25-41(42)47-45(49)46(36-20-12-17-33(29-36)32-15-4-3-5-16-32)50-48(51-47)37-21-13-18-34(30-37)35-19-14-22-38(31-35)52-43-27-10-7-23-39(43)40-24-8-11-28-44(40)52;1-49(2)44-25-11-10-24-42(44)47-45(49)46(31-14-4-3-5-15-31)50-48(51-47)36-19-13-18-34(29-36)32-16-12-17-33(28-32)35-26-27-41-39-22-7-6-20-37(39)38-21-8-9-23-40(38)43(41)30-35;1-43(2)36-23-8-6-20-35(36)40-38(43)39(27-13-4-3-5-14-27)44-42(45-40)31-18-11-16-29(26-31)28-15-10-17-30(25-28)32-21-12-22-34-33-19-7-9-24-37(33)46-41(32)34/h3-31H,1-2H3;3-30H,1-2H3;3-26H,1-2H3. The predicted octanol–water partition coefficient (Wildman–Crippen LogP) is 37.3. The first-order valence-electron chi connectivity index (χ1n) is 51.3. The number of hydrogen-bond donors (Lipinski definition) is 0. The highest BCUT2D eigenvalue weighted by Crippen LogP contribution is 2.57. The molecule has 8 heteroatoms. The Morgan fingerprint density at radius 2 is 0.450 bits per heavy atom. The zero-order valence-corrected chi connectivity index (χ0v) is 84.1. The maximum atomic E-state index is 5.44. The minimum Gasteiger partial charge on any atom is -0.309 e. The number of hydrogen-bond acceptors (Lipinski definition) is 7. The molecule has 26 aromatic rings. The van der Waals surface area contributed by atoms with Gasteiger partial charge in [-0.3, -0.25) is 0 Å². The molecule has 0 radical (unpaired) electrons. The fraction of sp³-hybridized carbons (Fsp3) is 0.0638. The normalized spacial score (nSPS) is 13.1. The lowest BCUT2D eigenvalue weighted by atomic mass is 9.80. The zero-order chi connectivity index (χ0) is 99.7. The lowest BCUT2D eigenvalue weighted by Crippen LogP contribution is -2.17. The number of benzene rings is 21. The van der Waals surface area contributed by atoms with Gasteiger partial charge in [-0.05, 0) is 189 Å². The van der Waals surface area contributed by atoms with Gasteiger partial charge < -0.3 is 4.57 Å². The largest absolute Gasteiger partial charge is 0.309 e. The summed E-state index contributed by atoms with van der Waals surface area (Å²) < 4.78 is 5.03. The Bertz CT molecular complexity index is 9810. The summed E-state index contributed by atoms with van der Waals surface area (Å²) in [5.74, 6) is 2.22. The molecule has 0 amide bonds. The van der Waals surface area contributed by atoms with Crippen LogP contribution in [0.5, 0.6) is 0 Å². The van der Waals surface area contributed by atoms with Crippen molar-refractivity contribution < 1.29 is 0 Å². The first kappa shape index (κ1) is 89.5. The summed E-state index contributed by atoms with van der Waals surface area (Å²) in [6, 6.07) is 176. The van der Waals surface area contributed by atoms with E-state index in [1.54, 1.807) is 0 Å². The van der Waals surface area contributed by atoms with Gasteiger partial charge in [0.1, 0.15) is 0 Å². The van der Waals surface area contributed by atoms with Crippen LogP contribution in [-0.2, 0) is 16.2 Å². The van der Waals surface area contributed by atoms with Gasteiger partial charge in [-0.25, -0.2) is 29.9 Å². The fourth-order valence-electron chi connectivity index (χ4n) is 23.9. The van der Waals surface area contributed by atoms with Crippen LogP contribution in [0.25, 0.3) is 248 Å². The highest BCUT2D eigenvalue weighted by molar-refractivity contribution is 7.26. The third kappa shape index (κ3) is 15.4. The Morgan fingerprint density at radius 1 is 0.174 bits per heavy atom. The monoisotopic (exact) mass is 1920 g/mol. The number of nitrogens with zero attached hydrogens (tertiary/aromatic N) is 7. The van der Waals surface area contributed by atoms with Crippen LogP contribution in [0, 0.1) is 0 Å². The number of thiophene rings is 1. The van der Waals surface area contributed by atoms with E-state index in [4.69, 9.17) is 29.9 Å². The molecule has 0 aliphatic heterocycles. The van der Waals surface area contributed by atoms with Crippen LogP contribution < -0.4 is 0 Å². The first-order chi connectivity index (χ1) is 73.1. The maximum Gasteiger partial charge on any atom is 0.160 e. The van der Waals surface area contributed by atoms with Gasteiger partial charge in [0, 0.05) is 120 Å². The third-order valence-electron chi connectivity index (χ3n) is 31.1. The Kier molecular flexibility index (Phi) is 21.7. The van der Waals surface area contributed by atoms with Crippen LogP contribution >= 0.6 is 11.3 Å². The van der Waals surface area contributed by atoms with Gasteiger partial charge in [0.25, 0.3) is 0 Å². The molecule has 704 valence electrons. The van der Waals surface area contributed by atoms with Crippen molar-refractivity contribution >= 4 is 85.6 Å². The molecule has 0 unspecified atom stereocenters. The molecule has 5 aromatic heterocycles. The Balaban J connectivity index is 0.000000110. The molecule has 21 aromatic carbocycles. The molecule has 29 rings (SSSR count). The average molecular weight is 1920 g/mol. The molecule has 0 bridgehead atoms. The van der Waals surface area contributed by atoms with Crippen molar-refractivity contribution in [1.82, 2.24) is 34.5 Å². The van der Waals surface area contributed by atoms with Crippen molar-refractivity contribution in [2.45, 2.75) is 57.8 Å². The molecule has 3 aliphatic carbocycles. The van der Waals surface area contributed by atoms with Gasteiger partial charge in [0.15, 0.2) is 17.5 Å². The number of fused-ring (bicyclic) bond motifs is 21. The van der Waals surface area contributed by atoms with E-state index in [1.165, 1.54) is 163 Å². The Morgan fingerprint density at radius 3 is 0.899 bits per heavy atom. The molecular formula is C141H99N7S. The van der Waals surface area contributed by atoms with E-state index in [1.807, 2.05) is 11.3 Å². The average Bonchev–Trinajstić information content (AvgIpc) is 1.57. The molecular weight excluding hydrogens is 1820 g/mol. The second kappa shape index (κ2) is 36.2. The van der Waals surface area contributed by atoms with Gasteiger partial charge in [0.05, 0.1) is 45.2 Å². The molecule has 7 nitrogen and oxygen atoms in total. The van der Waals surface area contributed by atoms with Gasteiger partial charge in [-0.2, -0.15) is 0 Å². The van der Waals surface area contributed by atoms with E-state index >= 15 is 0 Å². The third-order valence-corrected chi connectivity index (χ3v) is 32.3. The number of rotatable bonds is 13. The highest BCUT2D eigenvalue weighted by Gasteiger charge is 2.44. The van der Waals surface area contributed by atoms with Crippen LogP contribution in [0.2, 0.25) is 0 Å². The lowest BCUT2D eigenvalue weighted by molar-refractivity contribution is 0.657. The minimum absolute atomic E-state index is 0.199. The van der Waals surface area contributed by atoms with E-state index in [9.17, 15) is 0 Å². The summed E-state index contributed by atoms with van der Waals surface area (Å²) in [7, 11) is 0. The molecule has 5 heterocycles. The van der Waals surface area contributed by atoms with E-state index in [-0.39, 0.29) is 16.2 Å². The van der Waals surface area contributed by atoms with E-state index in [0.717, 1.165) is 119 Å². The summed E-state index contributed by atoms with van der Waals surface area (Å²) in [5.41, 5.74) is 40.4. The number of aromatic nitrogens is 7. The van der Waals surface area contributed by atoms with Crippen molar-refractivity contribution in [3.05, 3.63) is 525 Å². The molecule has 0 spiro atoms. The first-order valence-corrected chi connectivity index (χ1v) is 52.2. The Labute approximate surface area is 870 Å². The van der Waals surface area contributed by atoms with Crippen molar-refractivity contribution in [3.63, 3.8) is 0 Å². The summed E-state index contributed by atoms with van der Waals surface area (Å²) in [5, 5.41) is 12.9. The quantitative estimate of drug-likeness (QED) is 0.107. The Hall–Kier alpha value is -18.3. The molecule has 0 atom stereocenters. The second-order valence-corrected chi connectivity index (χ2v) is 42.1. The summed E-state index contributed by atoms with van der Waals surface area (Å²) in [6.07, 6.45) is 0. The SMILES string of the molecule is CC1(C)c2ccccc2-c2nc(-c3cccc(-c4cccc(-c5ccc6c7ccccc7c7ccccc7c6c5)c4)c3)nc(-c3ccccc3)c21.CC1(C)c2ccccc2-c2nc(-c3cccc(-c4cccc(-c5cccc6c5sc5ccccc56)c4)c3)nc(-c3ccccc3)c21.CC1(C)c2ccccc2-c2nc(-c3cccc(-c4cccc(-n5c6ccccc6c6ccccc65)c4)c3)nc(-c3cccc(-c4ccccc4)c3)c21. The van der Waals surface area contributed by atoms with Crippen LogP contribution in [0.3, 0.4) is 0 Å². The second-order valence-electron chi connectivity index (χ2n) is 41.0. The lowest BCUT2D eigenvalue weighted by Gasteiger charge is -2.24. The molecule has 0 saturated carbocycles. The molecule has 0 fully saturated rings. The van der Waals surface area contributed by atoms with Crippen LogP contribution in [0.1, 0.15) is 74.9 Å². The summed E-state index contributed by atoms with van der Waals surface area (Å²) >= 11 is 1.87. The van der Waals surface area contributed by atoms with Crippen molar-refractivity contribution in [1.29, 1.82) is 0 Å². The molecule has 3 aliphatic rings. The fourth-order valence-corrected chi connectivity index (χ4v) is 25.1. The van der Waals surface area contributed by atoms with Crippen molar-refractivity contribution in [2.24, 2.45) is 0 Å². The molecule has 149 heavy (non-hydrogen) atoms. The summed E-state index contributed by atoms with van der Waals surface area (Å²) in [6.45, 7) is 13.8. The van der Waals surface area contributed by atoms with E-state index in [0.29, 0.717) is 0 Å². The number of para-hydroxylation sites is 2. The highest BCUT2D eigenvalue weighted by atomic mass is 32.1.